The molecular formula is C16H23ClN4O2. The average Bonchev–Trinajstić information content (AvgIpc) is 2.99. The van der Waals surface area contributed by atoms with Gasteiger partial charge < -0.3 is 16.4 Å². The molecule has 0 aliphatic carbocycles. The van der Waals surface area contributed by atoms with Gasteiger partial charge in [-0.2, -0.15) is 0 Å². The summed E-state index contributed by atoms with van der Waals surface area (Å²) < 4.78 is 0. The molecule has 1 aromatic rings. The number of rotatable bonds is 6. The second-order valence-electron chi connectivity index (χ2n) is 5.70. The number of carbonyl (C=O) groups is 2. The SMILES string of the molecule is CCC(CC)(CN)NC(=O)c1ccc(Cl)c(N2CCNC2=O)c1. The third-order valence-electron chi connectivity index (χ3n) is 4.48. The summed E-state index contributed by atoms with van der Waals surface area (Å²) in [5.74, 6) is -0.211. The third-order valence-corrected chi connectivity index (χ3v) is 4.80. The largest absolute Gasteiger partial charge is 0.345 e. The highest BCUT2D eigenvalue weighted by molar-refractivity contribution is 6.34. The fourth-order valence-corrected chi connectivity index (χ4v) is 2.86. The first kappa shape index (κ1) is 17.6. The number of hydrogen-bond donors (Lipinski definition) is 3. The van der Waals surface area contributed by atoms with Crippen LogP contribution < -0.4 is 21.3 Å². The molecule has 0 unspecified atom stereocenters. The molecule has 3 amide bonds. The molecule has 1 fully saturated rings. The molecule has 126 valence electrons. The van der Waals surface area contributed by atoms with Crippen LogP contribution in [-0.4, -0.2) is 37.1 Å². The lowest BCUT2D eigenvalue weighted by atomic mass is 9.92. The quantitative estimate of drug-likeness (QED) is 0.742. The van der Waals surface area contributed by atoms with Crippen molar-refractivity contribution < 1.29 is 9.59 Å². The summed E-state index contributed by atoms with van der Waals surface area (Å²) in [6.45, 7) is 5.46. The summed E-state index contributed by atoms with van der Waals surface area (Å²) >= 11 is 6.19. The number of amides is 3. The minimum absolute atomic E-state index is 0.206. The van der Waals surface area contributed by atoms with Gasteiger partial charge in [0.2, 0.25) is 0 Å². The van der Waals surface area contributed by atoms with Crippen LogP contribution in [0.1, 0.15) is 37.0 Å². The van der Waals surface area contributed by atoms with Crippen molar-refractivity contribution in [3.05, 3.63) is 28.8 Å². The second-order valence-corrected chi connectivity index (χ2v) is 6.10. The Bertz CT molecular complexity index is 593. The van der Waals surface area contributed by atoms with Crippen molar-refractivity contribution in [3.8, 4) is 0 Å². The molecule has 1 aliphatic rings. The van der Waals surface area contributed by atoms with Gasteiger partial charge in [0.25, 0.3) is 5.91 Å². The van der Waals surface area contributed by atoms with Crippen LogP contribution >= 0.6 is 11.6 Å². The van der Waals surface area contributed by atoms with Crippen LogP contribution in [0.4, 0.5) is 10.5 Å². The lowest BCUT2D eigenvalue weighted by molar-refractivity contribution is 0.0895. The minimum atomic E-state index is -0.415. The lowest BCUT2D eigenvalue weighted by Gasteiger charge is -2.31. The zero-order valence-corrected chi connectivity index (χ0v) is 14.2. The molecule has 1 aromatic carbocycles. The highest BCUT2D eigenvalue weighted by Crippen LogP contribution is 2.28. The van der Waals surface area contributed by atoms with E-state index in [1.807, 2.05) is 13.8 Å². The topological polar surface area (TPSA) is 87.5 Å². The summed E-state index contributed by atoms with van der Waals surface area (Å²) in [7, 11) is 0. The van der Waals surface area contributed by atoms with Crippen LogP contribution in [0.2, 0.25) is 5.02 Å². The second kappa shape index (κ2) is 7.19. The number of nitrogens with zero attached hydrogens (tertiary/aromatic N) is 1. The molecule has 0 atom stereocenters. The van der Waals surface area contributed by atoms with E-state index in [1.54, 1.807) is 18.2 Å². The van der Waals surface area contributed by atoms with E-state index in [9.17, 15) is 9.59 Å². The predicted molar refractivity (Wildman–Crippen MR) is 92.0 cm³/mol. The Morgan fingerprint density at radius 3 is 2.65 bits per heavy atom. The maximum absolute atomic E-state index is 12.6. The minimum Gasteiger partial charge on any atom is -0.345 e. The van der Waals surface area contributed by atoms with E-state index in [-0.39, 0.29) is 11.9 Å². The molecule has 0 bridgehead atoms. The summed E-state index contributed by atoms with van der Waals surface area (Å²) in [5.41, 5.74) is 6.42. The zero-order chi connectivity index (χ0) is 17.0. The van der Waals surface area contributed by atoms with E-state index >= 15 is 0 Å². The number of nitrogens with two attached hydrogens (primary N) is 1. The molecule has 23 heavy (non-hydrogen) atoms. The molecule has 6 nitrogen and oxygen atoms in total. The Morgan fingerprint density at radius 1 is 1.43 bits per heavy atom. The molecule has 1 heterocycles. The Balaban J connectivity index is 2.26. The maximum Gasteiger partial charge on any atom is 0.322 e. The van der Waals surface area contributed by atoms with Gasteiger partial charge in [0, 0.05) is 25.2 Å². The smallest absolute Gasteiger partial charge is 0.322 e. The summed E-state index contributed by atoms with van der Waals surface area (Å²) in [6, 6.07) is 4.74. The van der Waals surface area contributed by atoms with E-state index in [4.69, 9.17) is 17.3 Å². The number of nitrogens with one attached hydrogen (secondary N) is 2. The van der Waals surface area contributed by atoms with Crippen LogP contribution in [0.15, 0.2) is 18.2 Å². The van der Waals surface area contributed by atoms with E-state index in [1.165, 1.54) is 4.90 Å². The molecule has 1 aliphatic heterocycles. The Morgan fingerprint density at radius 2 is 2.13 bits per heavy atom. The summed E-state index contributed by atoms with van der Waals surface area (Å²) in [6.07, 6.45) is 1.50. The van der Waals surface area contributed by atoms with Gasteiger partial charge >= 0.3 is 6.03 Å². The maximum atomic E-state index is 12.6. The molecule has 0 radical (unpaired) electrons. The molecule has 2 rings (SSSR count). The number of carbonyl (C=O) groups excluding carboxylic acids is 2. The number of urea groups is 1. The van der Waals surface area contributed by atoms with Crippen molar-refractivity contribution in [1.82, 2.24) is 10.6 Å². The van der Waals surface area contributed by atoms with Crippen LogP contribution in [0.3, 0.4) is 0 Å². The van der Waals surface area contributed by atoms with Gasteiger partial charge in [0.1, 0.15) is 0 Å². The predicted octanol–water partition coefficient (Wildman–Crippen LogP) is 2.12. The van der Waals surface area contributed by atoms with Gasteiger partial charge in [-0.25, -0.2) is 4.79 Å². The average molecular weight is 339 g/mol. The molecule has 0 saturated carbocycles. The highest BCUT2D eigenvalue weighted by Gasteiger charge is 2.28. The van der Waals surface area contributed by atoms with Gasteiger partial charge in [-0.15, -0.1) is 0 Å². The molecule has 4 N–H and O–H groups in total. The van der Waals surface area contributed by atoms with Crippen LogP contribution in [0.25, 0.3) is 0 Å². The van der Waals surface area contributed by atoms with E-state index in [0.29, 0.717) is 35.9 Å². The van der Waals surface area contributed by atoms with Crippen LogP contribution in [0, 0.1) is 0 Å². The van der Waals surface area contributed by atoms with E-state index in [2.05, 4.69) is 10.6 Å². The zero-order valence-electron chi connectivity index (χ0n) is 13.5. The Labute approximate surface area is 141 Å². The first-order chi connectivity index (χ1) is 11.0. The normalized spacial score (nSPS) is 14.8. The fourth-order valence-electron chi connectivity index (χ4n) is 2.64. The van der Waals surface area contributed by atoms with Gasteiger partial charge in [0.15, 0.2) is 0 Å². The van der Waals surface area contributed by atoms with Gasteiger partial charge in [-0.05, 0) is 31.0 Å². The molecular weight excluding hydrogens is 316 g/mol. The number of anilines is 1. The number of hydrogen-bond acceptors (Lipinski definition) is 3. The van der Waals surface area contributed by atoms with Crippen LogP contribution in [-0.2, 0) is 0 Å². The van der Waals surface area contributed by atoms with Gasteiger partial charge in [-0.1, -0.05) is 25.4 Å². The van der Waals surface area contributed by atoms with E-state index < -0.39 is 5.54 Å². The Hall–Kier alpha value is -1.79. The standard InChI is InChI=1S/C16H23ClN4O2/c1-3-16(4-2,10-18)20-14(22)11-5-6-12(17)13(9-11)21-8-7-19-15(21)23/h5-6,9H,3-4,7-8,10,18H2,1-2H3,(H,19,23)(H,20,22). The molecule has 0 aromatic heterocycles. The molecule has 0 spiro atoms. The summed E-state index contributed by atoms with van der Waals surface area (Å²) in [5, 5.41) is 6.18. The van der Waals surface area contributed by atoms with E-state index in [0.717, 1.165) is 12.8 Å². The van der Waals surface area contributed by atoms with Crippen molar-refractivity contribution in [2.24, 2.45) is 5.73 Å². The number of benzene rings is 1. The van der Waals surface area contributed by atoms with Gasteiger partial charge in [0.05, 0.1) is 16.2 Å². The fraction of sp³-hybridized carbons (Fsp3) is 0.500. The highest BCUT2D eigenvalue weighted by atomic mass is 35.5. The molecule has 1 saturated heterocycles. The Kier molecular flexibility index (Phi) is 5.49. The molecule has 7 heteroatoms. The first-order valence-electron chi connectivity index (χ1n) is 7.84. The van der Waals surface area contributed by atoms with Gasteiger partial charge in [-0.3, -0.25) is 9.69 Å². The van der Waals surface area contributed by atoms with Crippen LogP contribution in [0.5, 0.6) is 0 Å². The monoisotopic (exact) mass is 338 g/mol. The van der Waals surface area contributed by atoms with Crippen molar-refractivity contribution in [1.29, 1.82) is 0 Å². The van der Waals surface area contributed by atoms with Crippen molar-refractivity contribution in [3.63, 3.8) is 0 Å². The third kappa shape index (κ3) is 3.59. The van der Waals surface area contributed by atoms with Crippen molar-refractivity contribution in [2.45, 2.75) is 32.2 Å². The lowest BCUT2D eigenvalue weighted by Crippen LogP contribution is -2.52. The summed E-state index contributed by atoms with van der Waals surface area (Å²) in [4.78, 5) is 25.9. The van der Waals surface area contributed by atoms with Crippen molar-refractivity contribution >= 4 is 29.2 Å². The van der Waals surface area contributed by atoms with Crippen molar-refractivity contribution in [2.75, 3.05) is 24.5 Å². The first-order valence-corrected chi connectivity index (χ1v) is 8.21. The number of halogens is 1.